The van der Waals surface area contributed by atoms with Gasteiger partial charge in [-0.2, -0.15) is 0 Å². The average molecular weight is 266 g/mol. The van der Waals surface area contributed by atoms with Crippen molar-refractivity contribution >= 4 is 5.97 Å². The highest BCUT2D eigenvalue weighted by atomic mass is 16.6. The Morgan fingerprint density at radius 3 is 2.68 bits per heavy atom. The van der Waals surface area contributed by atoms with Gasteiger partial charge in [-0.15, -0.1) is 0 Å². The van der Waals surface area contributed by atoms with E-state index in [0.717, 1.165) is 25.7 Å². The monoisotopic (exact) mass is 266 g/mol. The Morgan fingerprint density at radius 1 is 1.26 bits per heavy atom. The summed E-state index contributed by atoms with van der Waals surface area (Å²) >= 11 is 0. The van der Waals surface area contributed by atoms with E-state index in [1.807, 2.05) is 0 Å². The van der Waals surface area contributed by atoms with Gasteiger partial charge in [0.2, 0.25) is 0 Å². The predicted octanol–water partition coefficient (Wildman–Crippen LogP) is 3.31. The Labute approximate surface area is 116 Å². The lowest BCUT2D eigenvalue weighted by atomic mass is 9.76. The molecule has 1 heterocycles. The second kappa shape index (κ2) is 5.08. The second-order valence-electron chi connectivity index (χ2n) is 7.17. The van der Waals surface area contributed by atoms with Gasteiger partial charge in [0.15, 0.2) is 0 Å². The van der Waals surface area contributed by atoms with Gasteiger partial charge >= 0.3 is 5.97 Å². The molecule has 0 radical (unpaired) electrons. The topological polar surface area (TPSA) is 38.8 Å². The molecule has 0 aromatic carbocycles. The van der Waals surface area contributed by atoms with Gasteiger partial charge in [0.05, 0.1) is 24.2 Å². The van der Waals surface area contributed by atoms with E-state index in [1.165, 1.54) is 19.3 Å². The number of rotatable bonds is 3. The molecule has 0 spiro atoms. The molecule has 3 nitrogen and oxygen atoms in total. The fraction of sp³-hybridized carbons (Fsp3) is 0.938. The number of epoxide rings is 1. The zero-order valence-corrected chi connectivity index (χ0v) is 12.2. The third kappa shape index (κ3) is 2.81. The van der Waals surface area contributed by atoms with E-state index in [0.29, 0.717) is 30.7 Å². The third-order valence-corrected chi connectivity index (χ3v) is 5.35. The molecular formula is C16H26O3. The van der Waals surface area contributed by atoms with Gasteiger partial charge < -0.3 is 9.47 Å². The number of ether oxygens (including phenoxy) is 2. The molecule has 2 aliphatic carbocycles. The van der Waals surface area contributed by atoms with Crippen LogP contribution in [0.4, 0.5) is 0 Å². The molecular weight excluding hydrogens is 240 g/mol. The minimum atomic E-state index is -0.211. The molecule has 3 rings (SSSR count). The van der Waals surface area contributed by atoms with Crippen molar-refractivity contribution in [2.75, 3.05) is 6.61 Å². The third-order valence-electron chi connectivity index (χ3n) is 5.35. The molecule has 108 valence electrons. The molecule has 19 heavy (non-hydrogen) atoms. The Bertz CT molecular complexity index is 346. The van der Waals surface area contributed by atoms with E-state index < -0.39 is 0 Å². The Balaban J connectivity index is 1.47. The highest BCUT2D eigenvalue weighted by Crippen LogP contribution is 2.43. The molecule has 0 bridgehead atoms. The predicted molar refractivity (Wildman–Crippen MR) is 72.7 cm³/mol. The smallest absolute Gasteiger partial charge is 0.311 e. The largest absolute Gasteiger partial charge is 0.465 e. The first kappa shape index (κ1) is 13.4. The molecule has 4 unspecified atom stereocenters. The zero-order valence-electron chi connectivity index (χ0n) is 12.2. The summed E-state index contributed by atoms with van der Waals surface area (Å²) in [5.41, 5.74) is -0.211. The zero-order chi connectivity index (χ0) is 13.5. The first-order chi connectivity index (χ1) is 9.08. The highest BCUT2D eigenvalue weighted by Gasteiger charge is 2.48. The first-order valence-electron chi connectivity index (χ1n) is 7.91. The average Bonchev–Trinajstić information content (AvgIpc) is 3.17. The molecule has 0 aromatic heterocycles. The normalized spacial score (nSPS) is 40.3. The SMILES string of the molecule is CC1CC(COC(=O)C2(C)CCCCC2)CC2OC12. The van der Waals surface area contributed by atoms with Crippen LogP contribution in [0.5, 0.6) is 0 Å². The number of hydrogen-bond donors (Lipinski definition) is 0. The molecule has 0 amide bonds. The molecule has 3 heteroatoms. The molecule has 2 saturated carbocycles. The summed E-state index contributed by atoms with van der Waals surface area (Å²) in [6, 6.07) is 0. The standard InChI is InChI=1S/C16H26O3/c1-11-8-12(9-13-14(11)19-13)10-18-15(17)16(2)6-4-3-5-7-16/h11-14H,3-10H2,1-2H3. The summed E-state index contributed by atoms with van der Waals surface area (Å²) in [6.45, 7) is 4.93. The highest BCUT2D eigenvalue weighted by molar-refractivity contribution is 5.76. The van der Waals surface area contributed by atoms with Gasteiger partial charge in [-0.05, 0) is 44.4 Å². The molecule has 1 aliphatic heterocycles. The molecule has 1 saturated heterocycles. The summed E-state index contributed by atoms with van der Waals surface area (Å²) in [4.78, 5) is 12.3. The maximum atomic E-state index is 12.3. The second-order valence-corrected chi connectivity index (χ2v) is 7.17. The molecule has 3 fully saturated rings. The summed E-state index contributed by atoms with van der Waals surface area (Å²) in [7, 11) is 0. The van der Waals surface area contributed by atoms with Crippen LogP contribution >= 0.6 is 0 Å². The van der Waals surface area contributed by atoms with Gasteiger partial charge in [-0.3, -0.25) is 4.79 Å². The van der Waals surface area contributed by atoms with Crippen LogP contribution in [0.3, 0.4) is 0 Å². The van der Waals surface area contributed by atoms with E-state index >= 15 is 0 Å². The van der Waals surface area contributed by atoms with Crippen molar-refractivity contribution in [1.82, 2.24) is 0 Å². The van der Waals surface area contributed by atoms with Crippen molar-refractivity contribution in [2.45, 2.75) is 71.0 Å². The van der Waals surface area contributed by atoms with Crippen LogP contribution in [0.25, 0.3) is 0 Å². The Hall–Kier alpha value is -0.570. The van der Waals surface area contributed by atoms with Crippen molar-refractivity contribution < 1.29 is 14.3 Å². The van der Waals surface area contributed by atoms with Crippen LogP contribution in [-0.2, 0) is 14.3 Å². The van der Waals surface area contributed by atoms with Crippen LogP contribution < -0.4 is 0 Å². The Kier molecular flexibility index (Phi) is 3.59. The lowest BCUT2D eigenvalue weighted by Gasteiger charge is -2.32. The minimum absolute atomic E-state index is 0.0405. The van der Waals surface area contributed by atoms with Gasteiger partial charge in [0, 0.05) is 0 Å². The summed E-state index contributed by atoms with van der Waals surface area (Å²) in [5, 5.41) is 0. The number of carbonyl (C=O) groups is 1. The number of esters is 1. The van der Waals surface area contributed by atoms with Gasteiger partial charge in [-0.25, -0.2) is 0 Å². The lowest BCUT2D eigenvalue weighted by Crippen LogP contribution is -2.34. The first-order valence-corrected chi connectivity index (χ1v) is 7.91. The van der Waals surface area contributed by atoms with Crippen LogP contribution in [0, 0.1) is 17.3 Å². The van der Waals surface area contributed by atoms with Crippen molar-refractivity contribution in [3.05, 3.63) is 0 Å². The lowest BCUT2D eigenvalue weighted by molar-refractivity contribution is -0.158. The van der Waals surface area contributed by atoms with Crippen molar-refractivity contribution in [3.8, 4) is 0 Å². The quantitative estimate of drug-likeness (QED) is 0.581. The fourth-order valence-electron chi connectivity index (χ4n) is 3.97. The maximum absolute atomic E-state index is 12.3. The van der Waals surface area contributed by atoms with Gasteiger partial charge in [0.25, 0.3) is 0 Å². The summed E-state index contributed by atoms with van der Waals surface area (Å²) in [6.07, 6.45) is 8.79. The van der Waals surface area contributed by atoms with Crippen LogP contribution in [0.1, 0.15) is 58.8 Å². The van der Waals surface area contributed by atoms with Crippen molar-refractivity contribution in [2.24, 2.45) is 17.3 Å². The number of carbonyl (C=O) groups excluding carboxylic acids is 1. The molecule has 4 atom stereocenters. The fourth-order valence-corrected chi connectivity index (χ4v) is 3.97. The van der Waals surface area contributed by atoms with Gasteiger partial charge in [-0.1, -0.05) is 26.2 Å². The van der Waals surface area contributed by atoms with Crippen LogP contribution in [0.2, 0.25) is 0 Å². The van der Waals surface area contributed by atoms with Crippen molar-refractivity contribution in [3.63, 3.8) is 0 Å². The van der Waals surface area contributed by atoms with E-state index in [4.69, 9.17) is 9.47 Å². The van der Waals surface area contributed by atoms with E-state index in [9.17, 15) is 4.79 Å². The number of fused-ring (bicyclic) bond motifs is 1. The van der Waals surface area contributed by atoms with E-state index in [-0.39, 0.29) is 11.4 Å². The van der Waals surface area contributed by atoms with Crippen molar-refractivity contribution in [1.29, 1.82) is 0 Å². The van der Waals surface area contributed by atoms with E-state index in [2.05, 4.69) is 13.8 Å². The minimum Gasteiger partial charge on any atom is -0.465 e. The summed E-state index contributed by atoms with van der Waals surface area (Å²) in [5.74, 6) is 1.18. The van der Waals surface area contributed by atoms with Crippen LogP contribution in [0.15, 0.2) is 0 Å². The van der Waals surface area contributed by atoms with E-state index in [1.54, 1.807) is 0 Å². The van der Waals surface area contributed by atoms with Gasteiger partial charge in [0.1, 0.15) is 0 Å². The maximum Gasteiger partial charge on any atom is 0.311 e. The molecule has 3 aliphatic rings. The Morgan fingerprint density at radius 2 is 2.00 bits per heavy atom. The number of hydrogen-bond acceptors (Lipinski definition) is 3. The van der Waals surface area contributed by atoms with Crippen LogP contribution in [-0.4, -0.2) is 24.8 Å². The molecule has 0 aromatic rings. The molecule has 0 N–H and O–H groups in total. The summed E-state index contributed by atoms with van der Waals surface area (Å²) < 4.78 is 11.3.